The maximum atomic E-state index is 12.8. The summed E-state index contributed by atoms with van der Waals surface area (Å²) in [5.41, 5.74) is -1.50. The van der Waals surface area contributed by atoms with Gasteiger partial charge in [-0.2, -0.15) is 13.2 Å². The number of carbonyl (C=O) groups is 2. The molecule has 2 aromatic rings. The summed E-state index contributed by atoms with van der Waals surface area (Å²) in [6.07, 6.45) is -4.68. The van der Waals surface area contributed by atoms with Gasteiger partial charge in [0.25, 0.3) is 0 Å². The van der Waals surface area contributed by atoms with Crippen LogP contribution in [0.1, 0.15) is 26.3 Å². The summed E-state index contributed by atoms with van der Waals surface area (Å²) in [5, 5.41) is 0.428. The Hall–Kier alpha value is -2.34. The van der Waals surface area contributed by atoms with Crippen LogP contribution in [0.3, 0.4) is 0 Å². The quantitative estimate of drug-likeness (QED) is 0.611. The minimum absolute atomic E-state index is 0.242. The lowest BCUT2D eigenvalue weighted by Gasteiger charge is -2.11. The van der Waals surface area contributed by atoms with E-state index in [2.05, 4.69) is 4.74 Å². The summed E-state index contributed by atoms with van der Waals surface area (Å²) in [5.74, 6) is -1.75. The van der Waals surface area contributed by atoms with Crippen LogP contribution in [-0.2, 0) is 10.9 Å². The van der Waals surface area contributed by atoms with Gasteiger partial charge in [-0.15, -0.1) is 0 Å². The summed E-state index contributed by atoms with van der Waals surface area (Å²) in [6, 6.07) is 10.1. The fraction of sp³-hybridized carbons (Fsp3) is 0.125. The number of Topliss-reactive ketones (excluding diaryl/α,β-unsaturated/α-hetero) is 1. The molecule has 0 unspecified atom stereocenters. The Bertz CT molecular complexity index is 724. The molecule has 0 saturated carbocycles. The van der Waals surface area contributed by atoms with Gasteiger partial charge in [-0.3, -0.25) is 4.79 Å². The van der Waals surface area contributed by atoms with Gasteiger partial charge in [0.1, 0.15) is 0 Å². The summed E-state index contributed by atoms with van der Waals surface area (Å²) in [6.45, 7) is -0.660. The first-order chi connectivity index (χ1) is 10.8. The van der Waals surface area contributed by atoms with Crippen molar-refractivity contribution in [1.29, 1.82) is 0 Å². The summed E-state index contributed by atoms with van der Waals surface area (Å²) < 4.78 is 43.2. The number of halogens is 4. The number of carbonyl (C=O) groups excluding carboxylic acids is 2. The van der Waals surface area contributed by atoms with Crippen molar-refractivity contribution in [2.75, 3.05) is 6.61 Å². The Kier molecular flexibility index (Phi) is 5.05. The Morgan fingerprint density at radius 2 is 1.61 bits per heavy atom. The zero-order chi connectivity index (χ0) is 17.0. The highest BCUT2D eigenvalue weighted by atomic mass is 35.5. The molecule has 0 amide bonds. The topological polar surface area (TPSA) is 43.4 Å². The third-order valence-electron chi connectivity index (χ3n) is 2.95. The Balaban J connectivity index is 2.09. The number of hydrogen-bond acceptors (Lipinski definition) is 3. The standard InChI is InChI=1S/C16H10ClF3O3/c17-11-7-5-10(6-8-11)14(21)9-23-15(22)12-3-1-2-4-13(12)16(18,19)20/h1-8H,9H2. The summed E-state index contributed by atoms with van der Waals surface area (Å²) >= 11 is 5.68. The fourth-order valence-corrected chi connectivity index (χ4v) is 1.96. The lowest BCUT2D eigenvalue weighted by atomic mass is 10.1. The van der Waals surface area contributed by atoms with Crippen molar-refractivity contribution in [2.24, 2.45) is 0 Å². The largest absolute Gasteiger partial charge is 0.454 e. The second kappa shape index (κ2) is 6.83. The third kappa shape index (κ3) is 4.32. The number of hydrogen-bond donors (Lipinski definition) is 0. The van der Waals surface area contributed by atoms with Crippen molar-refractivity contribution in [3.05, 3.63) is 70.2 Å². The molecule has 0 saturated heterocycles. The zero-order valence-electron chi connectivity index (χ0n) is 11.6. The molecule has 0 heterocycles. The number of benzene rings is 2. The van der Waals surface area contributed by atoms with E-state index in [9.17, 15) is 22.8 Å². The first-order valence-corrected chi connectivity index (χ1v) is 6.79. The molecule has 0 aromatic heterocycles. The van der Waals surface area contributed by atoms with Gasteiger partial charge in [-0.05, 0) is 36.4 Å². The second-order valence-corrected chi connectivity index (χ2v) is 4.99. The Morgan fingerprint density at radius 3 is 2.22 bits per heavy atom. The van der Waals surface area contributed by atoms with Crippen molar-refractivity contribution < 1.29 is 27.5 Å². The monoisotopic (exact) mass is 342 g/mol. The molecule has 0 aliphatic heterocycles. The minimum Gasteiger partial charge on any atom is -0.454 e. The van der Waals surface area contributed by atoms with E-state index < -0.39 is 35.7 Å². The zero-order valence-corrected chi connectivity index (χ0v) is 12.3. The summed E-state index contributed by atoms with van der Waals surface area (Å²) in [4.78, 5) is 23.6. The maximum absolute atomic E-state index is 12.8. The predicted octanol–water partition coefficient (Wildman–Crippen LogP) is 4.40. The molecular formula is C16H10ClF3O3. The lowest BCUT2D eigenvalue weighted by Crippen LogP contribution is -2.18. The van der Waals surface area contributed by atoms with Crippen LogP contribution in [0.25, 0.3) is 0 Å². The maximum Gasteiger partial charge on any atom is 0.417 e. The highest BCUT2D eigenvalue weighted by molar-refractivity contribution is 6.30. The van der Waals surface area contributed by atoms with Crippen LogP contribution < -0.4 is 0 Å². The highest BCUT2D eigenvalue weighted by Crippen LogP contribution is 2.32. The molecule has 0 N–H and O–H groups in total. The first kappa shape index (κ1) is 17.0. The lowest BCUT2D eigenvalue weighted by molar-refractivity contribution is -0.138. The Labute approximate surface area is 134 Å². The molecule has 23 heavy (non-hydrogen) atoms. The van der Waals surface area contributed by atoms with Gasteiger partial charge in [0, 0.05) is 10.6 Å². The summed E-state index contributed by atoms with van der Waals surface area (Å²) in [7, 11) is 0. The number of ether oxygens (including phenoxy) is 1. The van der Waals surface area contributed by atoms with Gasteiger partial charge < -0.3 is 4.74 Å². The normalized spacial score (nSPS) is 11.1. The van der Waals surface area contributed by atoms with Crippen molar-refractivity contribution in [1.82, 2.24) is 0 Å². The number of alkyl halides is 3. The van der Waals surface area contributed by atoms with E-state index in [-0.39, 0.29) is 5.56 Å². The molecule has 0 atom stereocenters. The van der Waals surface area contributed by atoms with Gasteiger partial charge in [0.05, 0.1) is 11.1 Å². The van der Waals surface area contributed by atoms with E-state index >= 15 is 0 Å². The molecule has 0 fully saturated rings. The van der Waals surface area contributed by atoms with E-state index in [1.54, 1.807) is 0 Å². The average Bonchev–Trinajstić information content (AvgIpc) is 2.52. The van der Waals surface area contributed by atoms with Crippen LogP contribution in [0.2, 0.25) is 5.02 Å². The molecule has 120 valence electrons. The smallest absolute Gasteiger partial charge is 0.417 e. The predicted molar refractivity (Wildman–Crippen MR) is 77.5 cm³/mol. The van der Waals surface area contributed by atoms with Crippen molar-refractivity contribution in [2.45, 2.75) is 6.18 Å². The molecule has 0 aliphatic carbocycles. The number of esters is 1. The van der Waals surface area contributed by atoms with Gasteiger partial charge in [0.15, 0.2) is 12.4 Å². The molecule has 0 aliphatic rings. The van der Waals surface area contributed by atoms with Crippen LogP contribution in [0.15, 0.2) is 48.5 Å². The fourth-order valence-electron chi connectivity index (χ4n) is 1.84. The SMILES string of the molecule is O=C(COC(=O)c1ccccc1C(F)(F)F)c1ccc(Cl)cc1. The first-order valence-electron chi connectivity index (χ1n) is 6.41. The van der Waals surface area contributed by atoms with Crippen LogP contribution in [0.4, 0.5) is 13.2 Å². The third-order valence-corrected chi connectivity index (χ3v) is 3.20. The molecule has 3 nitrogen and oxygen atoms in total. The van der Waals surface area contributed by atoms with E-state index in [0.717, 1.165) is 12.1 Å². The average molecular weight is 343 g/mol. The molecule has 2 aromatic carbocycles. The van der Waals surface area contributed by atoms with Crippen LogP contribution in [-0.4, -0.2) is 18.4 Å². The minimum atomic E-state index is -4.68. The van der Waals surface area contributed by atoms with Gasteiger partial charge >= 0.3 is 12.1 Å². The molecule has 0 spiro atoms. The van der Waals surface area contributed by atoms with Gasteiger partial charge in [-0.1, -0.05) is 23.7 Å². The van der Waals surface area contributed by atoms with E-state index in [1.165, 1.54) is 36.4 Å². The van der Waals surface area contributed by atoms with E-state index in [4.69, 9.17) is 11.6 Å². The molecular weight excluding hydrogens is 333 g/mol. The number of ketones is 1. The van der Waals surface area contributed by atoms with Crippen LogP contribution in [0.5, 0.6) is 0 Å². The second-order valence-electron chi connectivity index (χ2n) is 4.55. The molecule has 2 rings (SSSR count). The van der Waals surface area contributed by atoms with Crippen LogP contribution >= 0.6 is 11.6 Å². The van der Waals surface area contributed by atoms with Gasteiger partial charge in [-0.25, -0.2) is 4.79 Å². The highest BCUT2D eigenvalue weighted by Gasteiger charge is 2.35. The van der Waals surface area contributed by atoms with Crippen molar-refractivity contribution >= 4 is 23.4 Å². The van der Waals surface area contributed by atoms with E-state index in [1.807, 2.05) is 0 Å². The molecule has 7 heteroatoms. The Morgan fingerprint density at radius 1 is 1.00 bits per heavy atom. The molecule has 0 radical (unpaired) electrons. The van der Waals surface area contributed by atoms with Crippen molar-refractivity contribution in [3.8, 4) is 0 Å². The van der Waals surface area contributed by atoms with Crippen molar-refractivity contribution in [3.63, 3.8) is 0 Å². The van der Waals surface area contributed by atoms with E-state index in [0.29, 0.717) is 5.02 Å². The molecule has 0 bridgehead atoms. The van der Waals surface area contributed by atoms with Crippen LogP contribution in [0, 0.1) is 0 Å². The number of rotatable bonds is 4. The van der Waals surface area contributed by atoms with Gasteiger partial charge in [0.2, 0.25) is 0 Å².